The summed E-state index contributed by atoms with van der Waals surface area (Å²) in [6, 6.07) is 5.54. The van der Waals surface area contributed by atoms with Gasteiger partial charge in [-0.1, -0.05) is 23.9 Å². The summed E-state index contributed by atoms with van der Waals surface area (Å²) in [4.78, 5) is 12.9. The number of nitrogens with zero attached hydrogens (tertiary/aromatic N) is 2. The summed E-state index contributed by atoms with van der Waals surface area (Å²) in [6.07, 6.45) is 2.53. The van der Waals surface area contributed by atoms with Crippen LogP contribution in [0.3, 0.4) is 0 Å². The SMILES string of the molecule is C=C=CN(c1cc(C)on1)c1c(C)ccc(C=O)c1C. The second-order valence-electron chi connectivity index (χ2n) is 4.56. The highest BCUT2D eigenvalue weighted by Crippen LogP contribution is 2.32. The van der Waals surface area contributed by atoms with E-state index in [2.05, 4.69) is 17.5 Å². The summed E-state index contributed by atoms with van der Waals surface area (Å²) < 4.78 is 5.12. The zero-order valence-corrected chi connectivity index (χ0v) is 11.8. The van der Waals surface area contributed by atoms with E-state index in [0.29, 0.717) is 17.1 Å². The molecule has 0 amide bonds. The molecule has 2 rings (SSSR count). The van der Waals surface area contributed by atoms with Gasteiger partial charge in [-0.25, -0.2) is 0 Å². The van der Waals surface area contributed by atoms with Crippen molar-refractivity contribution in [1.29, 1.82) is 0 Å². The number of carbonyl (C=O) groups is 1. The van der Waals surface area contributed by atoms with Gasteiger partial charge in [-0.05, 0) is 31.9 Å². The van der Waals surface area contributed by atoms with E-state index in [1.165, 1.54) is 0 Å². The van der Waals surface area contributed by atoms with Gasteiger partial charge in [0.05, 0.1) is 11.9 Å². The van der Waals surface area contributed by atoms with Gasteiger partial charge in [-0.15, -0.1) is 5.73 Å². The molecule has 0 fully saturated rings. The number of hydrogen-bond donors (Lipinski definition) is 0. The third kappa shape index (κ3) is 2.42. The third-order valence-corrected chi connectivity index (χ3v) is 3.13. The number of hydrogen-bond acceptors (Lipinski definition) is 4. The first-order valence-corrected chi connectivity index (χ1v) is 6.22. The number of rotatable bonds is 4. The summed E-state index contributed by atoms with van der Waals surface area (Å²) in [5.41, 5.74) is 6.19. The quantitative estimate of drug-likeness (QED) is 0.624. The number of aryl methyl sites for hydroxylation is 2. The predicted octanol–water partition coefficient (Wildman–Crippen LogP) is 3.85. The molecule has 102 valence electrons. The minimum atomic E-state index is 0.632. The van der Waals surface area contributed by atoms with E-state index in [1.54, 1.807) is 6.20 Å². The zero-order chi connectivity index (χ0) is 14.7. The molecule has 1 aromatic carbocycles. The molecule has 0 radical (unpaired) electrons. The van der Waals surface area contributed by atoms with Gasteiger partial charge < -0.3 is 4.52 Å². The van der Waals surface area contributed by atoms with Crippen molar-refractivity contribution < 1.29 is 9.32 Å². The van der Waals surface area contributed by atoms with Crippen molar-refractivity contribution in [3.63, 3.8) is 0 Å². The maximum Gasteiger partial charge on any atom is 0.181 e. The average molecular weight is 268 g/mol. The van der Waals surface area contributed by atoms with Crippen LogP contribution >= 0.6 is 0 Å². The second kappa shape index (κ2) is 5.59. The van der Waals surface area contributed by atoms with Crippen LogP contribution in [0.1, 0.15) is 27.2 Å². The molecule has 0 unspecified atom stereocenters. The van der Waals surface area contributed by atoms with Gasteiger partial charge in [0.2, 0.25) is 0 Å². The van der Waals surface area contributed by atoms with Gasteiger partial charge >= 0.3 is 0 Å². The molecular weight excluding hydrogens is 252 g/mol. The van der Waals surface area contributed by atoms with Gasteiger partial charge in [0.15, 0.2) is 5.82 Å². The minimum Gasteiger partial charge on any atom is -0.360 e. The minimum absolute atomic E-state index is 0.632. The number of benzene rings is 1. The van der Waals surface area contributed by atoms with E-state index in [1.807, 2.05) is 43.9 Å². The Balaban J connectivity index is 2.66. The molecule has 1 heterocycles. The van der Waals surface area contributed by atoms with Crippen LogP contribution in [0, 0.1) is 20.8 Å². The van der Waals surface area contributed by atoms with E-state index in [-0.39, 0.29) is 0 Å². The molecule has 2 aromatic rings. The topological polar surface area (TPSA) is 46.3 Å². The first-order valence-electron chi connectivity index (χ1n) is 6.22. The molecule has 20 heavy (non-hydrogen) atoms. The number of anilines is 2. The molecule has 1 aromatic heterocycles. The zero-order valence-electron chi connectivity index (χ0n) is 11.8. The van der Waals surface area contributed by atoms with Crippen LogP contribution in [0.5, 0.6) is 0 Å². The molecule has 0 atom stereocenters. The third-order valence-electron chi connectivity index (χ3n) is 3.13. The smallest absolute Gasteiger partial charge is 0.181 e. The van der Waals surface area contributed by atoms with Crippen molar-refractivity contribution >= 4 is 17.8 Å². The van der Waals surface area contributed by atoms with Crippen LogP contribution in [0.25, 0.3) is 0 Å². The van der Waals surface area contributed by atoms with E-state index >= 15 is 0 Å². The van der Waals surface area contributed by atoms with Gasteiger partial charge in [-0.2, -0.15) is 0 Å². The molecule has 4 heteroatoms. The molecule has 0 saturated carbocycles. The van der Waals surface area contributed by atoms with Crippen molar-refractivity contribution in [2.75, 3.05) is 4.90 Å². The normalized spacial score (nSPS) is 9.95. The molecule has 0 bridgehead atoms. The highest BCUT2D eigenvalue weighted by Gasteiger charge is 2.17. The van der Waals surface area contributed by atoms with Crippen LogP contribution in [-0.4, -0.2) is 11.4 Å². The van der Waals surface area contributed by atoms with Crippen molar-refractivity contribution in [3.05, 3.63) is 59.2 Å². The number of aldehydes is 1. The van der Waals surface area contributed by atoms with Gasteiger partial charge in [-0.3, -0.25) is 9.69 Å². The first-order chi connectivity index (χ1) is 9.58. The summed E-state index contributed by atoms with van der Waals surface area (Å²) in [7, 11) is 0. The van der Waals surface area contributed by atoms with E-state index in [4.69, 9.17) is 4.52 Å². The highest BCUT2D eigenvalue weighted by atomic mass is 16.5. The van der Waals surface area contributed by atoms with Crippen molar-refractivity contribution in [1.82, 2.24) is 5.16 Å². The lowest BCUT2D eigenvalue weighted by molar-refractivity contribution is 0.112. The Morgan fingerprint density at radius 1 is 1.35 bits per heavy atom. The molecule has 4 nitrogen and oxygen atoms in total. The number of aromatic nitrogens is 1. The summed E-state index contributed by atoms with van der Waals surface area (Å²) in [5.74, 6) is 1.34. The monoisotopic (exact) mass is 268 g/mol. The Hall–Kier alpha value is -2.58. The Labute approximate surface area is 118 Å². The predicted molar refractivity (Wildman–Crippen MR) is 78.4 cm³/mol. The largest absolute Gasteiger partial charge is 0.360 e. The Bertz CT molecular complexity index is 694. The maximum atomic E-state index is 11.1. The van der Waals surface area contributed by atoms with Gasteiger partial charge in [0.25, 0.3) is 0 Å². The van der Waals surface area contributed by atoms with Crippen LogP contribution in [0.4, 0.5) is 11.5 Å². The Morgan fingerprint density at radius 3 is 2.65 bits per heavy atom. The van der Waals surface area contributed by atoms with E-state index in [9.17, 15) is 4.79 Å². The van der Waals surface area contributed by atoms with Crippen molar-refractivity contribution in [2.24, 2.45) is 0 Å². The van der Waals surface area contributed by atoms with Crippen molar-refractivity contribution in [2.45, 2.75) is 20.8 Å². The van der Waals surface area contributed by atoms with Gasteiger partial charge in [0.1, 0.15) is 12.0 Å². The Kier molecular flexibility index (Phi) is 3.87. The molecule has 0 saturated heterocycles. The lowest BCUT2D eigenvalue weighted by Gasteiger charge is -2.21. The van der Waals surface area contributed by atoms with Crippen LogP contribution < -0.4 is 4.90 Å². The van der Waals surface area contributed by atoms with Crippen LogP contribution in [-0.2, 0) is 0 Å². The van der Waals surface area contributed by atoms with E-state index in [0.717, 1.165) is 23.1 Å². The highest BCUT2D eigenvalue weighted by molar-refractivity contribution is 5.83. The average Bonchev–Trinajstić information content (AvgIpc) is 2.84. The summed E-state index contributed by atoms with van der Waals surface area (Å²) in [6.45, 7) is 9.32. The van der Waals surface area contributed by atoms with Crippen LogP contribution in [0.15, 0.2) is 41.2 Å². The molecule has 0 aliphatic rings. The van der Waals surface area contributed by atoms with Gasteiger partial charge in [0, 0.05) is 11.6 Å². The standard InChI is InChI=1S/C16H16N2O2/c1-5-8-18(15-9-12(3)20-17-15)16-11(2)6-7-14(10-19)13(16)4/h6-10H,1H2,2-4H3. The fourth-order valence-corrected chi connectivity index (χ4v) is 2.15. The maximum absolute atomic E-state index is 11.1. The first kappa shape index (κ1) is 13.8. The molecule has 0 spiro atoms. The van der Waals surface area contributed by atoms with Crippen LogP contribution in [0.2, 0.25) is 0 Å². The Morgan fingerprint density at radius 2 is 2.10 bits per heavy atom. The number of carbonyl (C=O) groups excluding carboxylic acids is 1. The molecule has 0 N–H and O–H groups in total. The summed E-state index contributed by atoms with van der Waals surface area (Å²) >= 11 is 0. The molecular formula is C16H16N2O2. The summed E-state index contributed by atoms with van der Waals surface area (Å²) in [5, 5.41) is 4.01. The van der Waals surface area contributed by atoms with E-state index < -0.39 is 0 Å². The second-order valence-corrected chi connectivity index (χ2v) is 4.56. The van der Waals surface area contributed by atoms with Crippen molar-refractivity contribution in [3.8, 4) is 0 Å². The molecule has 0 aliphatic carbocycles. The fraction of sp³-hybridized carbons (Fsp3) is 0.188. The molecule has 0 aliphatic heterocycles. The lowest BCUT2D eigenvalue weighted by atomic mass is 10.0. The fourth-order valence-electron chi connectivity index (χ4n) is 2.15. The lowest BCUT2D eigenvalue weighted by Crippen LogP contribution is -2.12.